The fourth-order valence-electron chi connectivity index (χ4n) is 4.46. The third kappa shape index (κ3) is 4.30. The Kier molecular flexibility index (Phi) is 6.24. The van der Waals surface area contributed by atoms with Gasteiger partial charge in [-0.05, 0) is 48.4 Å². The predicted octanol–water partition coefficient (Wildman–Crippen LogP) is 3.00. The van der Waals surface area contributed by atoms with Crippen molar-refractivity contribution in [1.82, 2.24) is 9.47 Å². The second-order valence-electron chi connectivity index (χ2n) is 7.80. The van der Waals surface area contributed by atoms with Crippen molar-refractivity contribution in [2.75, 3.05) is 30.9 Å². The molecule has 2 aliphatic heterocycles. The highest BCUT2D eigenvalue weighted by atomic mass is 32.2. The van der Waals surface area contributed by atoms with Gasteiger partial charge in [0.1, 0.15) is 0 Å². The number of piperidine rings is 1. The Bertz CT molecular complexity index is 1020. The Morgan fingerprint density at radius 1 is 1.07 bits per heavy atom. The van der Waals surface area contributed by atoms with E-state index < -0.39 is 5.97 Å². The van der Waals surface area contributed by atoms with Gasteiger partial charge in [0.15, 0.2) is 0 Å². The van der Waals surface area contributed by atoms with E-state index in [1.807, 2.05) is 52.1 Å². The summed E-state index contributed by atoms with van der Waals surface area (Å²) in [4.78, 5) is 39.4. The molecule has 2 aliphatic rings. The Balaban J connectivity index is 1.54. The summed E-state index contributed by atoms with van der Waals surface area (Å²) in [6, 6.07) is 12.0. The summed E-state index contributed by atoms with van der Waals surface area (Å²) in [5.74, 6) is -0.412. The quantitative estimate of drug-likeness (QED) is 0.690. The molecule has 1 amide bonds. The summed E-state index contributed by atoms with van der Waals surface area (Å²) in [5.41, 5.74) is 2.67. The number of rotatable bonds is 6. The number of carbonyl (C=O) groups is 2. The molecule has 2 aromatic rings. The highest BCUT2D eigenvalue weighted by Crippen LogP contribution is 2.36. The zero-order valence-corrected chi connectivity index (χ0v) is 18.4. The van der Waals surface area contributed by atoms with Crippen molar-refractivity contribution in [2.45, 2.75) is 23.8 Å². The van der Waals surface area contributed by atoms with E-state index in [-0.39, 0.29) is 34.8 Å². The molecule has 0 saturated carbocycles. The van der Waals surface area contributed by atoms with E-state index in [0.717, 1.165) is 34.3 Å². The van der Waals surface area contributed by atoms with Crippen LogP contribution < -0.4 is 5.56 Å². The monoisotopic (exact) mass is 444 g/mol. The van der Waals surface area contributed by atoms with Crippen LogP contribution in [0.3, 0.4) is 0 Å². The molecular weight excluding hydrogens is 420 g/mol. The largest absolute Gasteiger partial charge is 0.481 e. The van der Waals surface area contributed by atoms with E-state index in [9.17, 15) is 14.4 Å². The zero-order chi connectivity index (χ0) is 21.3. The molecule has 8 heteroatoms. The number of fused-ring (bicyclic) bond motifs is 4. The first kappa shape index (κ1) is 21.1. The molecule has 30 heavy (non-hydrogen) atoms. The highest BCUT2D eigenvalue weighted by Gasteiger charge is 2.36. The first-order chi connectivity index (χ1) is 14.5. The number of carboxylic acid groups (broad SMARTS) is 1. The number of aromatic nitrogens is 1. The number of amides is 1. The molecular formula is C22H24N2O4S2. The molecule has 0 radical (unpaired) electrons. The van der Waals surface area contributed by atoms with Crippen LogP contribution in [0.25, 0.3) is 11.1 Å². The lowest BCUT2D eigenvalue weighted by Gasteiger charge is -2.43. The van der Waals surface area contributed by atoms with Crippen molar-refractivity contribution < 1.29 is 14.7 Å². The summed E-state index contributed by atoms with van der Waals surface area (Å²) in [6.45, 7) is 1.83. The number of thioether (sulfide) groups is 2. The number of carboxylic acids is 1. The van der Waals surface area contributed by atoms with Crippen LogP contribution in [0.4, 0.5) is 0 Å². The maximum atomic E-state index is 13.2. The third-order valence-corrected chi connectivity index (χ3v) is 7.45. The lowest BCUT2D eigenvalue weighted by atomic mass is 9.82. The molecule has 2 bridgehead atoms. The van der Waals surface area contributed by atoms with Gasteiger partial charge < -0.3 is 14.6 Å². The second kappa shape index (κ2) is 8.89. The minimum Gasteiger partial charge on any atom is -0.481 e. The summed E-state index contributed by atoms with van der Waals surface area (Å²) >= 11 is 2.81. The summed E-state index contributed by atoms with van der Waals surface area (Å²) in [7, 11) is 0. The molecule has 1 aromatic heterocycles. The number of likely N-dealkylation sites (tertiary alicyclic amines) is 1. The minimum atomic E-state index is -0.907. The average molecular weight is 445 g/mol. The van der Waals surface area contributed by atoms with E-state index in [2.05, 4.69) is 0 Å². The molecule has 1 saturated heterocycles. The fraction of sp³-hybridized carbons (Fsp3) is 0.409. The molecule has 0 aliphatic carbocycles. The van der Waals surface area contributed by atoms with Gasteiger partial charge in [-0.3, -0.25) is 14.4 Å². The topological polar surface area (TPSA) is 79.6 Å². The van der Waals surface area contributed by atoms with Crippen molar-refractivity contribution in [3.05, 3.63) is 52.4 Å². The van der Waals surface area contributed by atoms with Crippen LogP contribution in [0.2, 0.25) is 0 Å². The molecule has 4 rings (SSSR count). The van der Waals surface area contributed by atoms with Crippen LogP contribution in [0.1, 0.15) is 18.0 Å². The SMILES string of the molecule is CSc1ccc(-c2ccc3n(c2=O)C[C@H]2C[C@@H]3CN(C(=O)CSCC(=O)O)C2)cc1. The molecule has 0 unspecified atom stereocenters. The van der Waals surface area contributed by atoms with Crippen LogP contribution >= 0.6 is 23.5 Å². The van der Waals surface area contributed by atoms with Crippen LogP contribution in [-0.4, -0.2) is 57.3 Å². The Labute approximate surface area is 183 Å². The maximum Gasteiger partial charge on any atom is 0.313 e. The van der Waals surface area contributed by atoms with Gasteiger partial charge in [0.05, 0.1) is 11.5 Å². The number of hydrogen-bond donors (Lipinski definition) is 1. The molecule has 158 valence electrons. The van der Waals surface area contributed by atoms with Gasteiger partial charge >= 0.3 is 5.97 Å². The Morgan fingerprint density at radius 3 is 2.53 bits per heavy atom. The standard InChI is InChI=1S/C22H24N2O4S2/c1-29-17-4-2-15(3-5-17)18-6-7-19-16-8-14(10-24(19)22(18)28)9-23(11-16)20(25)12-30-13-21(26)27/h2-7,14,16H,8-13H2,1H3,(H,26,27)/t14-,16+/m0/s1. The van der Waals surface area contributed by atoms with E-state index in [1.54, 1.807) is 11.8 Å². The van der Waals surface area contributed by atoms with E-state index in [0.29, 0.717) is 25.2 Å². The van der Waals surface area contributed by atoms with Crippen LogP contribution in [0, 0.1) is 5.92 Å². The molecule has 2 atom stereocenters. The van der Waals surface area contributed by atoms with Crippen molar-refractivity contribution in [1.29, 1.82) is 0 Å². The summed E-state index contributed by atoms with van der Waals surface area (Å²) in [6.07, 6.45) is 3.01. The number of benzene rings is 1. The van der Waals surface area contributed by atoms with Gasteiger partial charge in [0.2, 0.25) is 5.91 Å². The van der Waals surface area contributed by atoms with Gasteiger partial charge in [0.25, 0.3) is 5.56 Å². The smallest absolute Gasteiger partial charge is 0.313 e. The lowest BCUT2D eigenvalue weighted by Crippen LogP contribution is -2.49. The Morgan fingerprint density at radius 2 is 1.83 bits per heavy atom. The van der Waals surface area contributed by atoms with Gasteiger partial charge in [0, 0.05) is 41.7 Å². The first-order valence-electron chi connectivity index (χ1n) is 9.91. The zero-order valence-electron chi connectivity index (χ0n) is 16.7. The molecule has 1 N–H and O–H groups in total. The van der Waals surface area contributed by atoms with Gasteiger partial charge in [-0.1, -0.05) is 12.1 Å². The number of pyridine rings is 1. The maximum absolute atomic E-state index is 13.2. The minimum absolute atomic E-state index is 0.0164. The lowest BCUT2D eigenvalue weighted by molar-refractivity contribution is -0.133. The summed E-state index contributed by atoms with van der Waals surface area (Å²) in [5, 5.41) is 8.75. The van der Waals surface area contributed by atoms with E-state index in [1.165, 1.54) is 0 Å². The van der Waals surface area contributed by atoms with E-state index in [4.69, 9.17) is 5.11 Å². The van der Waals surface area contributed by atoms with Crippen molar-refractivity contribution in [3.8, 4) is 11.1 Å². The van der Waals surface area contributed by atoms with Gasteiger partial charge in [-0.25, -0.2) is 0 Å². The molecule has 6 nitrogen and oxygen atoms in total. The van der Waals surface area contributed by atoms with Crippen LogP contribution in [-0.2, 0) is 16.1 Å². The van der Waals surface area contributed by atoms with Crippen LogP contribution in [0.5, 0.6) is 0 Å². The number of hydrogen-bond acceptors (Lipinski definition) is 5. The molecule has 1 aromatic carbocycles. The fourth-order valence-corrected chi connectivity index (χ4v) is 5.50. The average Bonchev–Trinajstić information content (AvgIpc) is 2.74. The van der Waals surface area contributed by atoms with Crippen molar-refractivity contribution in [3.63, 3.8) is 0 Å². The van der Waals surface area contributed by atoms with Crippen molar-refractivity contribution >= 4 is 35.4 Å². The molecule has 0 spiro atoms. The predicted molar refractivity (Wildman–Crippen MR) is 120 cm³/mol. The summed E-state index contributed by atoms with van der Waals surface area (Å²) < 4.78 is 1.90. The normalized spacial score (nSPS) is 20.0. The second-order valence-corrected chi connectivity index (χ2v) is 9.67. The number of nitrogens with zero attached hydrogens (tertiary/aromatic N) is 2. The van der Waals surface area contributed by atoms with Crippen molar-refractivity contribution in [2.24, 2.45) is 5.92 Å². The molecule has 3 heterocycles. The Hall–Kier alpha value is -2.19. The third-order valence-electron chi connectivity index (χ3n) is 5.81. The highest BCUT2D eigenvalue weighted by molar-refractivity contribution is 8.00. The van der Waals surface area contributed by atoms with E-state index >= 15 is 0 Å². The molecule has 1 fully saturated rings. The first-order valence-corrected chi connectivity index (χ1v) is 12.3. The van der Waals surface area contributed by atoms with Gasteiger partial charge in [-0.2, -0.15) is 0 Å². The van der Waals surface area contributed by atoms with Gasteiger partial charge in [-0.15, -0.1) is 23.5 Å². The number of carbonyl (C=O) groups excluding carboxylic acids is 1. The number of aliphatic carboxylic acids is 1. The van der Waals surface area contributed by atoms with Crippen LogP contribution in [0.15, 0.2) is 46.1 Å².